The highest BCUT2D eigenvalue weighted by Crippen LogP contribution is 2.42. The van der Waals surface area contributed by atoms with Crippen molar-refractivity contribution in [1.82, 2.24) is 0 Å². The van der Waals surface area contributed by atoms with Crippen LogP contribution in [0.2, 0.25) is 0 Å². The lowest BCUT2D eigenvalue weighted by Gasteiger charge is -2.33. The molecule has 0 aliphatic heterocycles. The molecule has 2 nitrogen and oxygen atoms in total. The molecule has 76 valence electrons. The van der Waals surface area contributed by atoms with E-state index in [0.717, 1.165) is 31.6 Å². The normalized spacial score (nSPS) is 31.8. The van der Waals surface area contributed by atoms with Crippen LogP contribution in [0.1, 0.15) is 51.9 Å². The van der Waals surface area contributed by atoms with E-state index in [0.29, 0.717) is 6.42 Å². The lowest BCUT2D eigenvalue weighted by atomic mass is 9.69. The summed E-state index contributed by atoms with van der Waals surface area (Å²) in [5.74, 6) is 0.806. The monoisotopic (exact) mass is 190 g/mol. The summed E-state index contributed by atoms with van der Waals surface area (Å²) in [7, 11) is 0. The Morgan fingerprint density at radius 2 is 1.93 bits per heavy atom. The van der Waals surface area contributed by atoms with E-state index in [1.165, 1.54) is 12.8 Å². The molecule has 0 saturated heterocycles. The predicted octanol–water partition coefficient (Wildman–Crippen LogP) is 3.40. The molecule has 0 heterocycles. The molecule has 0 aromatic heterocycles. The van der Waals surface area contributed by atoms with Crippen molar-refractivity contribution < 1.29 is 0 Å². The van der Waals surface area contributed by atoms with Crippen LogP contribution in [0.4, 0.5) is 0 Å². The van der Waals surface area contributed by atoms with Gasteiger partial charge in [0.25, 0.3) is 0 Å². The Morgan fingerprint density at radius 3 is 2.36 bits per heavy atom. The first-order valence-corrected chi connectivity index (χ1v) is 5.54. The van der Waals surface area contributed by atoms with E-state index < -0.39 is 0 Å². The zero-order valence-corrected chi connectivity index (χ0v) is 8.92. The maximum absolute atomic E-state index is 9.09. The van der Waals surface area contributed by atoms with Gasteiger partial charge in [-0.05, 0) is 31.6 Å². The smallest absolute Gasteiger partial charge is 0.0704 e. The minimum absolute atomic E-state index is 0.307. The molecule has 1 fully saturated rings. The summed E-state index contributed by atoms with van der Waals surface area (Å²) in [5.41, 5.74) is -0.307. The van der Waals surface area contributed by atoms with E-state index >= 15 is 0 Å². The molecule has 0 bridgehead atoms. The second-order valence-corrected chi connectivity index (χ2v) is 4.46. The summed E-state index contributed by atoms with van der Waals surface area (Å²) < 4.78 is 0. The summed E-state index contributed by atoms with van der Waals surface area (Å²) in [6.45, 7) is 2.21. The quantitative estimate of drug-likeness (QED) is 0.684. The van der Waals surface area contributed by atoms with Crippen LogP contribution in [-0.2, 0) is 0 Å². The number of hydrogen-bond acceptors (Lipinski definition) is 2. The fraction of sp³-hybridized carbons (Fsp3) is 0.833. The molecule has 2 heteroatoms. The third kappa shape index (κ3) is 2.48. The average molecular weight is 190 g/mol. The molecule has 0 aromatic carbocycles. The van der Waals surface area contributed by atoms with E-state index in [-0.39, 0.29) is 5.41 Å². The van der Waals surface area contributed by atoms with Gasteiger partial charge in [-0.25, -0.2) is 0 Å². The van der Waals surface area contributed by atoms with Crippen molar-refractivity contribution in [3.05, 3.63) is 0 Å². The van der Waals surface area contributed by atoms with Gasteiger partial charge in [-0.2, -0.15) is 10.5 Å². The molecule has 1 aliphatic carbocycles. The fourth-order valence-electron chi connectivity index (χ4n) is 2.41. The number of nitriles is 2. The Bertz CT molecular complexity index is 248. The SMILES string of the molecule is CCCC1CCC(C#N)(CC#N)CC1. The Morgan fingerprint density at radius 1 is 1.29 bits per heavy atom. The molecule has 0 amide bonds. The van der Waals surface area contributed by atoms with Gasteiger partial charge in [-0.3, -0.25) is 0 Å². The predicted molar refractivity (Wildman–Crippen MR) is 55.1 cm³/mol. The van der Waals surface area contributed by atoms with Gasteiger partial charge in [0.1, 0.15) is 0 Å². The van der Waals surface area contributed by atoms with Gasteiger partial charge in [0, 0.05) is 0 Å². The highest BCUT2D eigenvalue weighted by atomic mass is 14.4. The summed E-state index contributed by atoms with van der Waals surface area (Å²) in [5, 5.41) is 17.8. The van der Waals surface area contributed by atoms with Crippen LogP contribution in [0, 0.1) is 34.0 Å². The van der Waals surface area contributed by atoms with Gasteiger partial charge < -0.3 is 0 Å². The summed E-state index contributed by atoms with van der Waals surface area (Å²) in [6, 6.07) is 4.51. The molecule has 0 radical (unpaired) electrons. The average Bonchev–Trinajstić information content (AvgIpc) is 2.22. The summed E-state index contributed by atoms with van der Waals surface area (Å²) in [6.07, 6.45) is 7.09. The van der Waals surface area contributed by atoms with E-state index in [4.69, 9.17) is 10.5 Å². The molecule has 0 aromatic rings. The van der Waals surface area contributed by atoms with Crippen LogP contribution >= 0.6 is 0 Å². The number of rotatable bonds is 3. The van der Waals surface area contributed by atoms with Crippen molar-refractivity contribution in [3.8, 4) is 12.1 Å². The first-order valence-electron chi connectivity index (χ1n) is 5.54. The van der Waals surface area contributed by atoms with Crippen molar-refractivity contribution in [2.24, 2.45) is 11.3 Å². The molecule has 1 rings (SSSR count). The Kier molecular flexibility index (Phi) is 3.96. The first-order chi connectivity index (χ1) is 6.76. The van der Waals surface area contributed by atoms with Gasteiger partial charge >= 0.3 is 0 Å². The maximum Gasteiger partial charge on any atom is 0.0704 e. The van der Waals surface area contributed by atoms with Crippen LogP contribution in [0.5, 0.6) is 0 Å². The van der Waals surface area contributed by atoms with Crippen molar-refractivity contribution in [3.63, 3.8) is 0 Å². The molecule has 0 unspecified atom stereocenters. The lowest BCUT2D eigenvalue weighted by Crippen LogP contribution is -2.25. The Balaban J connectivity index is 2.48. The second-order valence-electron chi connectivity index (χ2n) is 4.46. The molecule has 0 spiro atoms. The number of nitrogens with zero attached hydrogens (tertiary/aromatic N) is 2. The van der Waals surface area contributed by atoms with Gasteiger partial charge in [0.2, 0.25) is 0 Å². The molecule has 14 heavy (non-hydrogen) atoms. The topological polar surface area (TPSA) is 47.6 Å². The Hall–Kier alpha value is -1.02. The van der Waals surface area contributed by atoms with E-state index in [2.05, 4.69) is 19.1 Å². The first kappa shape index (κ1) is 11.1. The van der Waals surface area contributed by atoms with E-state index in [1.807, 2.05) is 0 Å². The van der Waals surface area contributed by atoms with Crippen LogP contribution < -0.4 is 0 Å². The highest BCUT2D eigenvalue weighted by Gasteiger charge is 2.34. The fourth-order valence-corrected chi connectivity index (χ4v) is 2.41. The molecule has 1 saturated carbocycles. The van der Waals surface area contributed by atoms with Gasteiger partial charge in [-0.15, -0.1) is 0 Å². The van der Waals surface area contributed by atoms with E-state index in [1.54, 1.807) is 0 Å². The van der Waals surface area contributed by atoms with Crippen LogP contribution in [0.3, 0.4) is 0 Å². The zero-order valence-electron chi connectivity index (χ0n) is 8.92. The van der Waals surface area contributed by atoms with E-state index in [9.17, 15) is 0 Å². The zero-order chi connectivity index (χ0) is 10.4. The molecule has 1 aliphatic rings. The van der Waals surface area contributed by atoms with Crippen molar-refractivity contribution in [2.45, 2.75) is 51.9 Å². The van der Waals surface area contributed by atoms with Gasteiger partial charge in [0.15, 0.2) is 0 Å². The van der Waals surface area contributed by atoms with Gasteiger partial charge in [-0.1, -0.05) is 19.8 Å². The summed E-state index contributed by atoms with van der Waals surface area (Å²) >= 11 is 0. The molecular formula is C12H18N2. The van der Waals surface area contributed by atoms with Crippen molar-refractivity contribution in [1.29, 1.82) is 10.5 Å². The van der Waals surface area contributed by atoms with Crippen LogP contribution in [0.15, 0.2) is 0 Å². The molecular weight excluding hydrogens is 172 g/mol. The lowest BCUT2D eigenvalue weighted by molar-refractivity contribution is 0.205. The van der Waals surface area contributed by atoms with Gasteiger partial charge in [0.05, 0.1) is 24.0 Å². The molecule has 0 atom stereocenters. The van der Waals surface area contributed by atoms with Crippen LogP contribution in [-0.4, -0.2) is 0 Å². The number of hydrogen-bond donors (Lipinski definition) is 0. The largest absolute Gasteiger partial charge is 0.198 e. The highest BCUT2D eigenvalue weighted by molar-refractivity contribution is 5.05. The minimum atomic E-state index is -0.307. The molecule has 0 N–H and O–H groups in total. The third-order valence-corrected chi connectivity index (χ3v) is 3.41. The Labute approximate surface area is 86.5 Å². The maximum atomic E-state index is 9.09. The van der Waals surface area contributed by atoms with Crippen molar-refractivity contribution in [2.75, 3.05) is 0 Å². The van der Waals surface area contributed by atoms with Crippen LogP contribution in [0.25, 0.3) is 0 Å². The third-order valence-electron chi connectivity index (χ3n) is 3.41. The minimum Gasteiger partial charge on any atom is -0.198 e. The summed E-state index contributed by atoms with van der Waals surface area (Å²) in [4.78, 5) is 0. The van der Waals surface area contributed by atoms with Crippen molar-refractivity contribution >= 4 is 0 Å². The standard InChI is InChI=1S/C12H18N2/c1-2-3-11-4-6-12(10-14,7-5-11)8-9-13/h11H,2-8H2,1H3. The second kappa shape index (κ2) is 5.01.